The minimum Gasteiger partial charge on any atom is -0.506 e. The molecule has 0 unspecified atom stereocenters. The molecule has 2 heterocycles. The summed E-state index contributed by atoms with van der Waals surface area (Å²) in [5.41, 5.74) is 2.66. The maximum absolute atomic E-state index is 11.8. The molecule has 2 aromatic heterocycles. The van der Waals surface area contributed by atoms with Gasteiger partial charge in [-0.05, 0) is 37.1 Å². The van der Waals surface area contributed by atoms with E-state index in [1.54, 1.807) is 6.07 Å². The standard InChI is InChI=1S/C18H13ClN2O3S/c1-9-3-10(2)21-18(13(9)7-20)25-8-11-4-17(23)24-16-6-15(22)14(19)5-12(11)16/h3-6,22H,8H2,1-2H3. The van der Waals surface area contributed by atoms with Crippen molar-refractivity contribution >= 4 is 34.3 Å². The molecule has 0 bridgehead atoms. The number of benzene rings is 1. The van der Waals surface area contributed by atoms with E-state index in [4.69, 9.17) is 16.0 Å². The van der Waals surface area contributed by atoms with Gasteiger partial charge in [-0.15, -0.1) is 11.8 Å². The lowest BCUT2D eigenvalue weighted by molar-refractivity contribution is 0.473. The molecule has 7 heteroatoms. The van der Waals surface area contributed by atoms with E-state index in [0.717, 1.165) is 11.3 Å². The minimum absolute atomic E-state index is 0.148. The number of halogens is 1. The highest BCUT2D eigenvalue weighted by Gasteiger charge is 2.13. The summed E-state index contributed by atoms with van der Waals surface area (Å²) in [6, 6.07) is 8.30. The largest absolute Gasteiger partial charge is 0.506 e. The number of phenolic OH excluding ortho intramolecular Hbond substituents is 1. The first-order valence-electron chi connectivity index (χ1n) is 7.35. The van der Waals surface area contributed by atoms with Gasteiger partial charge in [-0.25, -0.2) is 9.78 Å². The summed E-state index contributed by atoms with van der Waals surface area (Å²) < 4.78 is 5.12. The van der Waals surface area contributed by atoms with Crippen LogP contribution in [-0.2, 0) is 5.75 Å². The lowest BCUT2D eigenvalue weighted by atomic mass is 10.1. The number of aryl methyl sites for hydroxylation is 2. The molecule has 0 fully saturated rings. The number of nitrogens with zero attached hydrogens (tertiary/aromatic N) is 2. The van der Waals surface area contributed by atoms with Gasteiger partial charge in [0.15, 0.2) is 0 Å². The fourth-order valence-electron chi connectivity index (χ4n) is 2.54. The van der Waals surface area contributed by atoms with E-state index in [1.165, 1.54) is 23.9 Å². The van der Waals surface area contributed by atoms with Gasteiger partial charge in [0, 0.05) is 29.0 Å². The van der Waals surface area contributed by atoms with E-state index >= 15 is 0 Å². The van der Waals surface area contributed by atoms with Crippen LogP contribution in [0.25, 0.3) is 11.0 Å². The Hall–Kier alpha value is -2.49. The molecule has 0 radical (unpaired) electrons. The Bertz CT molecular complexity index is 1090. The van der Waals surface area contributed by atoms with E-state index in [2.05, 4.69) is 11.1 Å². The molecule has 0 aliphatic heterocycles. The molecule has 126 valence electrons. The summed E-state index contributed by atoms with van der Waals surface area (Å²) in [6.45, 7) is 3.74. The average molecular weight is 373 g/mol. The molecule has 5 nitrogen and oxygen atoms in total. The van der Waals surface area contributed by atoms with Gasteiger partial charge < -0.3 is 9.52 Å². The summed E-state index contributed by atoms with van der Waals surface area (Å²) in [4.78, 5) is 16.2. The van der Waals surface area contributed by atoms with Gasteiger partial charge in [-0.1, -0.05) is 11.6 Å². The van der Waals surface area contributed by atoms with Crippen LogP contribution in [0.1, 0.15) is 22.4 Å². The van der Waals surface area contributed by atoms with Crippen molar-refractivity contribution in [2.24, 2.45) is 0 Å². The lowest BCUT2D eigenvalue weighted by Crippen LogP contribution is -2.01. The van der Waals surface area contributed by atoms with Gasteiger partial charge in [-0.3, -0.25) is 0 Å². The van der Waals surface area contributed by atoms with E-state index in [0.29, 0.717) is 27.3 Å². The molecule has 1 N–H and O–H groups in total. The van der Waals surface area contributed by atoms with E-state index in [-0.39, 0.29) is 16.4 Å². The Morgan fingerprint density at radius 2 is 2.08 bits per heavy atom. The van der Waals surface area contributed by atoms with Crippen LogP contribution in [0, 0.1) is 25.2 Å². The van der Waals surface area contributed by atoms with Crippen LogP contribution < -0.4 is 5.63 Å². The highest BCUT2D eigenvalue weighted by molar-refractivity contribution is 7.98. The molecular weight excluding hydrogens is 360 g/mol. The van der Waals surface area contributed by atoms with Gasteiger partial charge in [-0.2, -0.15) is 5.26 Å². The predicted molar refractivity (Wildman–Crippen MR) is 97.1 cm³/mol. The molecule has 0 spiro atoms. The second kappa shape index (κ2) is 6.79. The van der Waals surface area contributed by atoms with Crippen molar-refractivity contribution < 1.29 is 9.52 Å². The minimum atomic E-state index is -0.515. The number of phenols is 1. The van der Waals surface area contributed by atoms with Crippen molar-refractivity contribution in [3.05, 3.63) is 62.1 Å². The number of thioether (sulfide) groups is 1. The second-order valence-electron chi connectivity index (χ2n) is 5.55. The zero-order valence-electron chi connectivity index (χ0n) is 13.5. The Morgan fingerprint density at radius 1 is 1.32 bits per heavy atom. The summed E-state index contributed by atoms with van der Waals surface area (Å²) in [6.07, 6.45) is 0. The molecular formula is C18H13ClN2O3S. The molecule has 3 rings (SSSR count). The third kappa shape index (κ3) is 3.48. The third-order valence-electron chi connectivity index (χ3n) is 3.69. The first-order chi connectivity index (χ1) is 11.9. The summed E-state index contributed by atoms with van der Waals surface area (Å²) >= 11 is 7.34. The van der Waals surface area contributed by atoms with Gasteiger partial charge in [0.05, 0.1) is 10.6 Å². The Kier molecular flexibility index (Phi) is 4.71. The first-order valence-corrected chi connectivity index (χ1v) is 8.72. The van der Waals surface area contributed by atoms with Crippen LogP contribution in [0.15, 0.2) is 38.5 Å². The zero-order valence-corrected chi connectivity index (χ0v) is 15.0. The van der Waals surface area contributed by atoms with Crippen LogP contribution in [0.5, 0.6) is 5.75 Å². The zero-order chi connectivity index (χ0) is 18.1. The van der Waals surface area contributed by atoms with Crippen LogP contribution in [0.3, 0.4) is 0 Å². The maximum Gasteiger partial charge on any atom is 0.336 e. The number of hydrogen-bond acceptors (Lipinski definition) is 6. The fraction of sp³-hybridized carbons (Fsp3) is 0.167. The molecule has 1 aromatic carbocycles. The van der Waals surface area contributed by atoms with Crippen LogP contribution >= 0.6 is 23.4 Å². The topological polar surface area (TPSA) is 87.1 Å². The van der Waals surface area contributed by atoms with Crippen molar-refractivity contribution in [2.75, 3.05) is 0 Å². The molecule has 0 saturated heterocycles. The van der Waals surface area contributed by atoms with Crippen LogP contribution in [0.4, 0.5) is 0 Å². The molecule has 3 aromatic rings. The number of hydrogen-bond donors (Lipinski definition) is 1. The van der Waals surface area contributed by atoms with Crippen LogP contribution in [0.2, 0.25) is 5.02 Å². The first kappa shape index (κ1) is 17.3. The summed E-state index contributed by atoms with van der Waals surface area (Å²) in [7, 11) is 0. The van der Waals surface area contributed by atoms with Crippen molar-refractivity contribution in [3.8, 4) is 11.8 Å². The van der Waals surface area contributed by atoms with Gasteiger partial charge >= 0.3 is 5.63 Å². The number of pyridine rings is 1. The number of rotatable bonds is 3. The van der Waals surface area contributed by atoms with Gasteiger partial charge in [0.2, 0.25) is 0 Å². The highest BCUT2D eigenvalue weighted by Crippen LogP contribution is 2.33. The second-order valence-corrected chi connectivity index (χ2v) is 6.92. The molecule has 0 amide bonds. The number of nitriles is 1. The molecule has 0 aliphatic rings. The summed E-state index contributed by atoms with van der Waals surface area (Å²) in [5, 5.41) is 20.5. The van der Waals surface area contributed by atoms with Crippen molar-refractivity contribution in [1.82, 2.24) is 4.98 Å². The third-order valence-corrected chi connectivity index (χ3v) is 5.01. The molecule has 0 aliphatic carbocycles. The number of fused-ring (bicyclic) bond motifs is 1. The van der Waals surface area contributed by atoms with E-state index in [9.17, 15) is 15.2 Å². The predicted octanol–water partition coefficient (Wildman–Crippen LogP) is 4.33. The lowest BCUT2D eigenvalue weighted by Gasteiger charge is -2.09. The highest BCUT2D eigenvalue weighted by atomic mass is 35.5. The van der Waals surface area contributed by atoms with Crippen LogP contribution in [-0.4, -0.2) is 10.1 Å². The SMILES string of the molecule is Cc1cc(C)c(C#N)c(SCc2cc(=O)oc3cc(O)c(Cl)cc23)n1. The maximum atomic E-state index is 11.8. The number of aromatic nitrogens is 1. The average Bonchev–Trinajstić information content (AvgIpc) is 2.54. The van der Waals surface area contributed by atoms with Crippen molar-refractivity contribution in [1.29, 1.82) is 5.26 Å². The smallest absolute Gasteiger partial charge is 0.336 e. The Balaban J connectivity index is 2.04. The summed E-state index contributed by atoms with van der Waals surface area (Å²) in [5.74, 6) is 0.262. The molecule has 25 heavy (non-hydrogen) atoms. The fourth-order valence-corrected chi connectivity index (χ4v) is 3.80. The van der Waals surface area contributed by atoms with Crippen molar-refractivity contribution in [2.45, 2.75) is 24.6 Å². The molecule has 0 atom stereocenters. The Labute approximate surface area is 152 Å². The quantitative estimate of drug-likeness (QED) is 0.544. The van der Waals surface area contributed by atoms with Gasteiger partial charge in [0.25, 0.3) is 0 Å². The molecule has 0 saturated carbocycles. The number of aromatic hydroxyl groups is 1. The van der Waals surface area contributed by atoms with Gasteiger partial charge in [0.1, 0.15) is 22.4 Å². The Morgan fingerprint density at radius 3 is 2.80 bits per heavy atom. The normalized spacial score (nSPS) is 10.8. The van der Waals surface area contributed by atoms with Crippen molar-refractivity contribution in [3.63, 3.8) is 0 Å². The van der Waals surface area contributed by atoms with E-state index in [1.807, 2.05) is 19.9 Å². The monoisotopic (exact) mass is 372 g/mol. The van der Waals surface area contributed by atoms with E-state index < -0.39 is 5.63 Å².